The predicted octanol–water partition coefficient (Wildman–Crippen LogP) is 3.61. The van der Waals surface area contributed by atoms with Crippen LogP contribution in [0, 0.1) is 0 Å². The Morgan fingerprint density at radius 2 is 2.04 bits per heavy atom. The summed E-state index contributed by atoms with van der Waals surface area (Å²) >= 11 is 0. The van der Waals surface area contributed by atoms with E-state index in [0.29, 0.717) is 19.5 Å². The van der Waals surface area contributed by atoms with Crippen LogP contribution in [0.2, 0.25) is 0 Å². The van der Waals surface area contributed by atoms with Gasteiger partial charge in [-0.05, 0) is 66.0 Å². The highest BCUT2D eigenvalue weighted by Crippen LogP contribution is 2.23. The van der Waals surface area contributed by atoms with Crippen LogP contribution >= 0.6 is 0 Å². The van der Waals surface area contributed by atoms with Crippen molar-refractivity contribution in [3.63, 3.8) is 0 Å². The molecule has 0 saturated carbocycles. The molecule has 0 aliphatic carbocycles. The second-order valence-corrected chi connectivity index (χ2v) is 8.07. The van der Waals surface area contributed by atoms with Crippen molar-refractivity contribution in [3.8, 4) is 0 Å². The number of nitrogens with zero attached hydrogens (tertiary/aromatic N) is 3. The van der Waals surface area contributed by atoms with E-state index in [9.17, 15) is 9.59 Å². The van der Waals surface area contributed by atoms with E-state index in [1.54, 1.807) is 16.0 Å². The van der Waals surface area contributed by atoms with Crippen LogP contribution in [-0.2, 0) is 16.1 Å². The number of ether oxygens (including phenoxy) is 1. The third-order valence-corrected chi connectivity index (χ3v) is 4.38. The number of piperidine rings is 1. The molecule has 0 aromatic carbocycles. The van der Waals surface area contributed by atoms with Crippen LogP contribution in [0.15, 0.2) is 24.4 Å². The summed E-state index contributed by atoms with van der Waals surface area (Å²) in [6, 6.07) is 5.24. The fourth-order valence-corrected chi connectivity index (χ4v) is 3.10. The van der Waals surface area contributed by atoms with E-state index in [2.05, 4.69) is 4.98 Å². The van der Waals surface area contributed by atoms with Crippen LogP contribution in [-0.4, -0.2) is 51.0 Å². The van der Waals surface area contributed by atoms with Gasteiger partial charge in [-0.25, -0.2) is 4.79 Å². The summed E-state index contributed by atoms with van der Waals surface area (Å²) in [6.07, 6.45) is 3.82. The molecule has 1 aromatic heterocycles. The van der Waals surface area contributed by atoms with Crippen molar-refractivity contribution in [1.82, 2.24) is 14.8 Å². The number of likely N-dealkylation sites (tertiary alicyclic amines) is 1. The smallest absolute Gasteiger partial charge is 0.410 e. The topological polar surface area (TPSA) is 62.7 Å². The summed E-state index contributed by atoms with van der Waals surface area (Å²) < 4.78 is 5.52. The Labute approximate surface area is 156 Å². The number of aromatic nitrogens is 1. The molecule has 1 aliphatic rings. The lowest BCUT2D eigenvalue weighted by Gasteiger charge is -2.39. The molecule has 2 amide bonds. The molecule has 6 nitrogen and oxygen atoms in total. The van der Waals surface area contributed by atoms with E-state index in [-0.39, 0.29) is 11.9 Å². The summed E-state index contributed by atoms with van der Waals surface area (Å²) in [5.74, 6) is -0.0313. The summed E-state index contributed by atoms with van der Waals surface area (Å²) in [6.45, 7) is 10.5. The molecule has 2 heterocycles. The minimum Gasteiger partial charge on any atom is -0.444 e. The maximum absolute atomic E-state index is 13.3. The van der Waals surface area contributed by atoms with Crippen LogP contribution in [0.3, 0.4) is 0 Å². The van der Waals surface area contributed by atoms with E-state index >= 15 is 0 Å². The third kappa shape index (κ3) is 5.44. The van der Waals surface area contributed by atoms with Crippen LogP contribution < -0.4 is 0 Å². The Bertz CT molecular complexity index is 610. The molecule has 0 spiro atoms. The van der Waals surface area contributed by atoms with Gasteiger partial charge in [-0.15, -0.1) is 0 Å². The summed E-state index contributed by atoms with van der Waals surface area (Å²) in [5, 5.41) is 0. The van der Waals surface area contributed by atoms with Gasteiger partial charge < -0.3 is 9.64 Å². The zero-order valence-corrected chi connectivity index (χ0v) is 16.6. The molecule has 2 rings (SSSR count). The van der Waals surface area contributed by atoms with Crippen molar-refractivity contribution >= 4 is 12.0 Å². The second kappa shape index (κ2) is 8.52. The van der Waals surface area contributed by atoms with Crippen LogP contribution in [0.5, 0.6) is 0 Å². The Morgan fingerprint density at radius 1 is 1.31 bits per heavy atom. The van der Waals surface area contributed by atoms with E-state index in [1.807, 2.05) is 52.8 Å². The first-order valence-electron chi connectivity index (χ1n) is 9.39. The van der Waals surface area contributed by atoms with Crippen molar-refractivity contribution < 1.29 is 14.3 Å². The quantitative estimate of drug-likeness (QED) is 0.822. The van der Waals surface area contributed by atoms with E-state index in [0.717, 1.165) is 18.5 Å². The summed E-state index contributed by atoms with van der Waals surface area (Å²) in [4.78, 5) is 33.6. The van der Waals surface area contributed by atoms with Gasteiger partial charge in [-0.1, -0.05) is 6.07 Å². The van der Waals surface area contributed by atoms with E-state index < -0.39 is 17.7 Å². The maximum Gasteiger partial charge on any atom is 0.410 e. The van der Waals surface area contributed by atoms with Crippen molar-refractivity contribution in [1.29, 1.82) is 0 Å². The van der Waals surface area contributed by atoms with Gasteiger partial charge in [0.05, 0.1) is 12.2 Å². The number of hydrogen-bond acceptors (Lipinski definition) is 4. The average Bonchev–Trinajstić information content (AvgIpc) is 2.58. The van der Waals surface area contributed by atoms with E-state index in [4.69, 9.17) is 4.74 Å². The first-order chi connectivity index (χ1) is 12.2. The molecule has 6 heteroatoms. The molecule has 26 heavy (non-hydrogen) atoms. The molecule has 0 radical (unpaired) electrons. The number of hydrogen-bond donors (Lipinski definition) is 0. The molecular weight excluding hydrogens is 330 g/mol. The van der Waals surface area contributed by atoms with Gasteiger partial charge in [0.1, 0.15) is 11.6 Å². The fraction of sp³-hybridized carbons (Fsp3) is 0.650. The van der Waals surface area contributed by atoms with E-state index in [1.165, 1.54) is 0 Å². The number of amides is 2. The number of carbonyl (C=O) groups is 2. The monoisotopic (exact) mass is 361 g/mol. The van der Waals surface area contributed by atoms with Crippen molar-refractivity contribution in [3.05, 3.63) is 30.1 Å². The van der Waals surface area contributed by atoms with Crippen LogP contribution in [0.1, 0.15) is 59.6 Å². The molecule has 1 saturated heterocycles. The Kier molecular flexibility index (Phi) is 6.62. The Hall–Kier alpha value is -2.11. The van der Waals surface area contributed by atoms with Crippen LogP contribution in [0.25, 0.3) is 0 Å². The highest BCUT2D eigenvalue weighted by Gasteiger charge is 2.37. The maximum atomic E-state index is 13.3. The predicted molar refractivity (Wildman–Crippen MR) is 101 cm³/mol. The van der Waals surface area contributed by atoms with Crippen molar-refractivity contribution in [2.75, 3.05) is 6.54 Å². The lowest BCUT2D eigenvalue weighted by molar-refractivity contribution is -0.140. The van der Waals surface area contributed by atoms with Crippen molar-refractivity contribution in [2.24, 2.45) is 0 Å². The standard InChI is InChI=1S/C20H31N3O3/c1-15(2)23(14-16-10-6-8-12-21-16)18(24)17-11-7-9-13-22(17)19(25)26-20(3,4)5/h6,8,10,12,15,17H,7,9,11,13-14H2,1-5H3. The molecule has 1 atom stereocenters. The molecule has 144 valence electrons. The third-order valence-electron chi connectivity index (χ3n) is 4.38. The number of carbonyl (C=O) groups excluding carboxylic acids is 2. The fourth-order valence-electron chi connectivity index (χ4n) is 3.10. The van der Waals surface area contributed by atoms with Crippen molar-refractivity contribution in [2.45, 2.75) is 78.1 Å². The molecular formula is C20H31N3O3. The average molecular weight is 361 g/mol. The second-order valence-electron chi connectivity index (χ2n) is 8.07. The highest BCUT2D eigenvalue weighted by molar-refractivity contribution is 5.86. The molecule has 0 bridgehead atoms. The van der Waals surface area contributed by atoms with Gasteiger partial charge in [0.25, 0.3) is 0 Å². The van der Waals surface area contributed by atoms with Gasteiger partial charge in [-0.2, -0.15) is 0 Å². The first-order valence-corrected chi connectivity index (χ1v) is 9.39. The molecule has 1 aromatic rings. The SMILES string of the molecule is CC(C)N(Cc1ccccn1)C(=O)C1CCCCN1C(=O)OC(C)(C)C. The van der Waals surface area contributed by atoms with Gasteiger partial charge in [0.15, 0.2) is 0 Å². The largest absolute Gasteiger partial charge is 0.444 e. The minimum absolute atomic E-state index is 0.0203. The molecule has 1 unspecified atom stereocenters. The lowest BCUT2D eigenvalue weighted by Crippen LogP contribution is -2.55. The summed E-state index contributed by atoms with van der Waals surface area (Å²) in [7, 11) is 0. The lowest BCUT2D eigenvalue weighted by atomic mass is 10.0. The molecule has 1 aliphatic heterocycles. The number of rotatable bonds is 4. The minimum atomic E-state index is -0.576. The van der Waals surface area contributed by atoms with Gasteiger partial charge in [0.2, 0.25) is 5.91 Å². The molecule has 0 N–H and O–H groups in total. The van der Waals surface area contributed by atoms with Crippen LogP contribution in [0.4, 0.5) is 4.79 Å². The van der Waals surface area contributed by atoms with Gasteiger partial charge in [0, 0.05) is 18.8 Å². The zero-order valence-electron chi connectivity index (χ0n) is 16.6. The molecule has 1 fully saturated rings. The first kappa shape index (κ1) is 20.2. The van der Waals surface area contributed by atoms with Gasteiger partial charge >= 0.3 is 6.09 Å². The Morgan fingerprint density at radius 3 is 2.62 bits per heavy atom. The number of pyridine rings is 1. The normalized spacial score (nSPS) is 17.9. The van der Waals surface area contributed by atoms with Gasteiger partial charge in [-0.3, -0.25) is 14.7 Å². The summed E-state index contributed by atoms with van der Waals surface area (Å²) in [5.41, 5.74) is 0.266. The Balaban J connectivity index is 2.17. The zero-order chi connectivity index (χ0) is 19.3. The highest BCUT2D eigenvalue weighted by atomic mass is 16.6.